The molecule has 106 valence electrons. The van der Waals surface area contributed by atoms with E-state index in [0.29, 0.717) is 13.1 Å². The van der Waals surface area contributed by atoms with Gasteiger partial charge in [0.05, 0.1) is 12.5 Å². The first-order chi connectivity index (χ1) is 8.21. The molecule has 0 aliphatic heterocycles. The van der Waals surface area contributed by atoms with Crippen molar-refractivity contribution in [2.24, 2.45) is 17.1 Å². The summed E-state index contributed by atoms with van der Waals surface area (Å²) in [6.07, 6.45) is 0.724. The lowest BCUT2D eigenvalue weighted by Gasteiger charge is -2.27. The second-order valence-corrected chi connectivity index (χ2v) is 5.85. The van der Waals surface area contributed by atoms with Crippen molar-refractivity contribution >= 4 is 11.8 Å². The van der Waals surface area contributed by atoms with Crippen LogP contribution < -0.4 is 11.1 Å². The molecule has 1 atom stereocenters. The monoisotopic (exact) mass is 257 g/mol. The van der Waals surface area contributed by atoms with Gasteiger partial charge in [0, 0.05) is 20.1 Å². The number of hydrogen-bond donors (Lipinski definition) is 2. The van der Waals surface area contributed by atoms with Crippen molar-refractivity contribution in [1.82, 2.24) is 10.2 Å². The van der Waals surface area contributed by atoms with Gasteiger partial charge in [0.25, 0.3) is 0 Å². The summed E-state index contributed by atoms with van der Waals surface area (Å²) in [5.74, 6) is -0.414. The zero-order valence-electron chi connectivity index (χ0n) is 12.2. The second-order valence-electron chi connectivity index (χ2n) is 5.85. The number of carbonyl (C=O) groups is 2. The number of rotatable bonds is 6. The van der Waals surface area contributed by atoms with E-state index in [-0.39, 0.29) is 29.7 Å². The summed E-state index contributed by atoms with van der Waals surface area (Å²) >= 11 is 0. The minimum atomic E-state index is -0.218. The quantitative estimate of drug-likeness (QED) is 0.731. The van der Waals surface area contributed by atoms with Gasteiger partial charge < -0.3 is 16.0 Å². The molecule has 2 amide bonds. The lowest BCUT2D eigenvalue weighted by atomic mass is 9.84. The van der Waals surface area contributed by atoms with E-state index in [2.05, 4.69) is 26.1 Å². The van der Waals surface area contributed by atoms with Crippen LogP contribution in [0, 0.1) is 11.3 Å². The van der Waals surface area contributed by atoms with Gasteiger partial charge in [0.15, 0.2) is 0 Å². The standard InChI is InChI=1S/C13H27N3O2/c1-6-15-11(17)9-16(5)12(18)10(8-14)7-13(2,3)4/h10H,6-9,14H2,1-5H3,(H,15,17). The van der Waals surface area contributed by atoms with Gasteiger partial charge >= 0.3 is 0 Å². The predicted molar refractivity (Wildman–Crippen MR) is 72.9 cm³/mol. The Labute approximate surface area is 110 Å². The van der Waals surface area contributed by atoms with Gasteiger partial charge in [0.2, 0.25) is 11.8 Å². The number of hydrogen-bond acceptors (Lipinski definition) is 3. The van der Waals surface area contributed by atoms with E-state index in [1.165, 1.54) is 4.90 Å². The van der Waals surface area contributed by atoms with Crippen LogP contribution >= 0.6 is 0 Å². The van der Waals surface area contributed by atoms with Crippen molar-refractivity contribution in [2.75, 3.05) is 26.7 Å². The minimum Gasteiger partial charge on any atom is -0.355 e. The van der Waals surface area contributed by atoms with E-state index in [9.17, 15) is 9.59 Å². The Bertz CT molecular complexity index is 284. The van der Waals surface area contributed by atoms with E-state index in [1.807, 2.05) is 6.92 Å². The molecule has 0 rings (SSSR count). The van der Waals surface area contributed by atoms with E-state index in [4.69, 9.17) is 5.73 Å². The van der Waals surface area contributed by atoms with Gasteiger partial charge in [-0.05, 0) is 18.8 Å². The Balaban J connectivity index is 4.45. The van der Waals surface area contributed by atoms with Crippen LogP contribution in [0.1, 0.15) is 34.1 Å². The fourth-order valence-corrected chi connectivity index (χ4v) is 1.87. The highest BCUT2D eigenvalue weighted by atomic mass is 16.2. The molecular formula is C13H27N3O2. The van der Waals surface area contributed by atoms with Crippen LogP contribution in [0.5, 0.6) is 0 Å². The fraction of sp³-hybridized carbons (Fsp3) is 0.846. The molecule has 0 bridgehead atoms. The molecule has 0 spiro atoms. The third-order valence-electron chi connectivity index (χ3n) is 2.62. The summed E-state index contributed by atoms with van der Waals surface area (Å²) in [4.78, 5) is 25.0. The Hall–Kier alpha value is -1.10. The van der Waals surface area contributed by atoms with Crippen molar-refractivity contribution < 1.29 is 9.59 Å². The molecule has 3 N–H and O–H groups in total. The highest BCUT2D eigenvalue weighted by Crippen LogP contribution is 2.24. The van der Waals surface area contributed by atoms with Crippen molar-refractivity contribution in [3.05, 3.63) is 0 Å². The maximum atomic E-state index is 12.2. The molecule has 0 aromatic rings. The van der Waals surface area contributed by atoms with Gasteiger partial charge in [-0.15, -0.1) is 0 Å². The Morgan fingerprint density at radius 2 is 1.89 bits per heavy atom. The third-order valence-corrected chi connectivity index (χ3v) is 2.62. The maximum Gasteiger partial charge on any atom is 0.239 e. The third kappa shape index (κ3) is 6.59. The molecule has 5 heteroatoms. The van der Waals surface area contributed by atoms with Gasteiger partial charge in [-0.2, -0.15) is 0 Å². The molecule has 0 saturated heterocycles. The predicted octanol–water partition coefficient (Wildman–Crippen LogP) is 0.592. The summed E-state index contributed by atoms with van der Waals surface area (Å²) in [7, 11) is 1.64. The molecule has 0 radical (unpaired) electrons. The highest BCUT2D eigenvalue weighted by molar-refractivity contribution is 5.85. The Morgan fingerprint density at radius 1 is 1.33 bits per heavy atom. The molecule has 0 aliphatic rings. The van der Waals surface area contributed by atoms with Gasteiger partial charge in [-0.1, -0.05) is 20.8 Å². The molecule has 0 aromatic carbocycles. The zero-order chi connectivity index (χ0) is 14.3. The summed E-state index contributed by atoms with van der Waals surface area (Å²) in [6.45, 7) is 9.06. The van der Waals surface area contributed by atoms with Crippen molar-refractivity contribution in [1.29, 1.82) is 0 Å². The van der Waals surface area contributed by atoms with Crippen LogP contribution in [0.4, 0.5) is 0 Å². The van der Waals surface area contributed by atoms with Crippen LogP contribution in [0.15, 0.2) is 0 Å². The van der Waals surface area contributed by atoms with Gasteiger partial charge in [-0.3, -0.25) is 9.59 Å². The number of amides is 2. The molecule has 5 nitrogen and oxygen atoms in total. The average molecular weight is 257 g/mol. The number of nitrogens with two attached hydrogens (primary N) is 1. The highest BCUT2D eigenvalue weighted by Gasteiger charge is 2.26. The smallest absolute Gasteiger partial charge is 0.239 e. The van der Waals surface area contributed by atoms with Crippen LogP contribution in [0.2, 0.25) is 0 Å². The molecule has 0 aliphatic carbocycles. The molecule has 0 heterocycles. The number of nitrogens with zero attached hydrogens (tertiary/aromatic N) is 1. The van der Waals surface area contributed by atoms with Crippen LogP contribution in [-0.4, -0.2) is 43.4 Å². The molecule has 18 heavy (non-hydrogen) atoms. The van der Waals surface area contributed by atoms with Crippen molar-refractivity contribution in [3.8, 4) is 0 Å². The first kappa shape index (κ1) is 16.9. The molecule has 0 fully saturated rings. The topological polar surface area (TPSA) is 75.4 Å². The SMILES string of the molecule is CCNC(=O)CN(C)C(=O)C(CN)CC(C)(C)C. The molecule has 0 saturated carbocycles. The zero-order valence-corrected chi connectivity index (χ0v) is 12.2. The maximum absolute atomic E-state index is 12.2. The van der Waals surface area contributed by atoms with Crippen molar-refractivity contribution in [2.45, 2.75) is 34.1 Å². The Morgan fingerprint density at radius 3 is 2.28 bits per heavy atom. The van der Waals surface area contributed by atoms with E-state index in [0.717, 1.165) is 6.42 Å². The van der Waals surface area contributed by atoms with Crippen LogP contribution in [0.3, 0.4) is 0 Å². The minimum absolute atomic E-state index is 0.0478. The normalized spacial score (nSPS) is 13.0. The number of carbonyl (C=O) groups excluding carboxylic acids is 2. The molecule has 1 unspecified atom stereocenters. The van der Waals surface area contributed by atoms with E-state index in [1.54, 1.807) is 7.05 Å². The average Bonchev–Trinajstić information content (AvgIpc) is 2.23. The summed E-state index contributed by atoms with van der Waals surface area (Å²) in [5.41, 5.74) is 5.71. The van der Waals surface area contributed by atoms with Gasteiger partial charge in [-0.25, -0.2) is 0 Å². The number of likely N-dealkylation sites (N-methyl/N-ethyl adjacent to an activating group) is 2. The Kier molecular flexibility index (Phi) is 6.91. The largest absolute Gasteiger partial charge is 0.355 e. The summed E-state index contributed by atoms with van der Waals surface area (Å²) < 4.78 is 0. The van der Waals surface area contributed by atoms with Gasteiger partial charge in [0.1, 0.15) is 0 Å². The van der Waals surface area contributed by atoms with Crippen LogP contribution in [-0.2, 0) is 9.59 Å². The number of nitrogens with one attached hydrogen (secondary N) is 1. The summed E-state index contributed by atoms with van der Waals surface area (Å²) in [6, 6.07) is 0. The van der Waals surface area contributed by atoms with Crippen LogP contribution in [0.25, 0.3) is 0 Å². The molecule has 0 aromatic heterocycles. The second kappa shape index (κ2) is 7.36. The van der Waals surface area contributed by atoms with Crippen molar-refractivity contribution in [3.63, 3.8) is 0 Å². The lowest BCUT2D eigenvalue weighted by Crippen LogP contribution is -2.43. The fourth-order valence-electron chi connectivity index (χ4n) is 1.87. The first-order valence-electron chi connectivity index (χ1n) is 6.43. The van der Waals surface area contributed by atoms with E-state index >= 15 is 0 Å². The first-order valence-corrected chi connectivity index (χ1v) is 6.43. The molecular weight excluding hydrogens is 230 g/mol. The van der Waals surface area contributed by atoms with E-state index < -0.39 is 0 Å². The lowest BCUT2D eigenvalue weighted by molar-refractivity contribution is -0.138. The summed E-state index contributed by atoms with van der Waals surface area (Å²) in [5, 5.41) is 2.67.